The minimum Gasteiger partial charge on any atom is -0.483 e. The van der Waals surface area contributed by atoms with Gasteiger partial charge in [-0.05, 0) is 12.5 Å². The summed E-state index contributed by atoms with van der Waals surface area (Å²) in [5.41, 5.74) is 0.941. The zero-order valence-corrected chi connectivity index (χ0v) is 13.5. The van der Waals surface area contributed by atoms with E-state index in [0.29, 0.717) is 43.2 Å². The highest BCUT2D eigenvalue weighted by Crippen LogP contribution is 2.20. The van der Waals surface area contributed by atoms with Gasteiger partial charge in [0.25, 0.3) is 12.4 Å². The quantitative estimate of drug-likeness (QED) is 0.618. The van der Waals surface area contributed by atoms with E-state index in [9.17, 15) is 9.59 Å². The molecular weight excluding hydrogens is 332 g/mol. The van der Waals surface area contributed by atoms with Crippen molar-refractivity contribution in [2.45, 2.75) is 19.4 Å². The summed E-state index contributed by atoms with van der Waals surface area (Å²) in [6.45, 7) is 2.87. The molecule has 1 amide bonds. The second-order valence-corrected chi connectivity index (χ2v) is 5.05. The molecule has 134 valence electrons. The molecule has 2 aromatic rings. The number of nitrogens with zero attached hydrogens (tertiary/aromatic N) is 4. The van der Waals surface area contributed by atoms with Crippen LogP contribution in [0, 0.1) is 0 Å². The number of rotatable bonds is 3. The Balaban J connectivity index is 0.000000701. The molecular formula is C14H18N6O5. The molecule has 3 rings (SSSR count). The monoisotopic (exact) mass is 350 g/mol. The van der Waals surface area contributed by atoms with Gasteiger partial charge in [-0.1, -0.05) is 12.1 Å². The summed E-state index contributed by atoms with van der Waals surface area (Å²) in [4.78, 5) is 36.8. The van der Waals surface area contributed by atoms with Crippen LogP contribution in [0.25, 0.3) is 0 Å². The average molecular weight is 350 g/mol. The SMILES string of the molecule is CCc1[nH]c(=O)ccc1C(=O)N1CCOC(c2nn[nH]n2)C1.O=CO. The number of carbonyl (C=O) groups excluding carboxylic acids is 1. The van der Waals surface area contributed by atoms with Crippen LogP contribution < -0.4 is 5.56 Å². The Morgan fingerprint density at radius 2 is 2.28 bits per heavy atom. The first kappa shape index (κ1) is 18.3. The first-order chi connectivity index (χ1) is 12.1. The summed E-state index contributed by atoms with van der Waals surface area (Å²) in [6.07, 6.45) is 0.180. The highest BCUT2D eigenvalue weighted by Gasteiger charge is 2.29. The molecule has 0 bridgehead atoms. The molecule has 1 unspecified atom stereocenters. The molecule has 0 saturated carbocycles. The van der Waals surface area contributed by atoms with Crippen molar-refractivity contribution < 1.29 is 19.4 Å². The van der Waals surface area contributed by atoms with Crippen molar-refractivity contribution >= 4 is 12.4 Å². The largest absolute Gasteiger partial charge is 0.483 e. The van der Waals surface area contributed by atoms with Gasteiger partial charge >= 0.3 is 0 Å². The molecule has 1 atom stereocenters. The zero-order chi connectivity index (χ0) is 18.2. The van der Waals surface area contributed by atoms with E-state index in [0.717, 1.165) is 0 Å². The van der Waals surface area contributed by atoms with Crippen molar-refractivity contribution in [1.29, 1.82) is 0 Å². The first-order valence-electron chi connectivity index (χ1n) is 7.55. The number of carbonyl (C=O) groups is 2. The van der Waals surface area contributed by atoms with Crippen molar-refractivity contribution in [1.82, 2.24) is 30.5 Å². The van der Waals surface area contributed by atoms with Gasteiger partial charge in [-0.15, -0.1) is 10.2 Å². The number of amides is 1. The second kappa shape index (κ2) is 8.68. The van der Waals surface area contributed by atoms with E-state index >= 15 is 0 Å². The number of hydrogen-bond acceptors (Lipinski definition) is 7. The number of aromatic amines is 2. The number of pyridine rings is 1. The highest BCUT2D eigenvalue weighted by molar-refractivity contribution is 5.95. The number of nitrogens with one attached hydrogen (secondary N) is 2. The van der Waals surface area contributed by atoms with Gasteiger partial charge in [0, 0.05) is 18.3 Å². The molecule has 1 fully saturated rings. The van der Waals surface area contributed by atoms with E-state index in [1.807, 2.05) is 6.92 Å². The van der Waals surface area contributed by atoms with Crippen LogP contribution in [0.3, 0.4) is 0 Å². The molecule has 0 radical (unpaired) electrons. The topological polar surface area (TPSA) is 154 Å². The lowest BCUT2D eigenvalue weighted by atomic mass is 10.1. The molecule has 1 saturated heterocycles. The fourth-order valence-corrected chi connectivity index (χ4v) is 2.46. The minimum atomic E-state index is -0.399. The fraction of sp³-hybridized carbons (Fsp3) is 0.429. The van der Waals surface area contributed by atoms with Crippen molar-refractivity contribution in [2.24, 2.45) is 0 Å². The molecule has 1 aliphatic rings. The Hall–Kier alpha value is -3.08. The lowest BCUT2D eigenvalue weighted by Crippen LogP contribution is -2.43. The molecule has 0 aromatic carbocycles. The van der Waals surface area contributed by atoms with Gasteiger partial charge in [0.2, 0.25) is 11.4 Å². The Morgan fingerprint density at radius 1 is 1.52 bits per heavy atom. The molecule has 11 nitrogen and oxygen atoms in total. The van der Waals surface area contributed by atoms with E-state index in [1.54, 1.807) is 11.0 Å². The minimum absolute atomic E-state index is 0.134. The molecule has 0 aliphatic carbocycles. The van der Waals surface area contributed by atoms with E-state index < -0.39 is 6.10 Å². The van der Waals surface area contributed by atoms with Crippen LogP contribution in [0.15, 0.2) is 16.9 Å². The van der Waals surface area contributed by atoms with Gasteiger partial charge in [-0.25, -0.2) is 0 Å². The third-order valence-corrected chi connectivity index (χ3v) is 3.59. The Kier molecular flexibility index (Phi) is 6.34. The zero-order valence-electron chi connectivity index (χ0n) is 13.5. The predicted molar refractivity (Wildman–Crippen MR) is 83.9 cm³/mol. The maximum atomic E-state index is 12.7. The maximum Gasteiger partial charge on any atom is 0.290 e. The second-order valence-electron chi connectivity index (χ2n) is 5.05. The predicted octanol–water partition coefficient (Wildman–Crippen LogP) is -0.635. The number of ether oxygens (including phenoxy) is 1. The summed E-state index contributed by atoms with van der Waals surface area (Å²) >= 11 is 0. The average Bonchev–Trinajstić information content (AvgIpc) is 3.16. The molecule has 3 N–H and O–H groups in total. The smallest absolute Gasteiger partial charge is 0.290 e. The van der Waals surface area contributed by atoms with Gasteiger partial charge in [0.1, 0.15) is 6.10 Å². The van der Waals surface area contributed by atoms with Crippen molar-refractivity contribution in [3.8, 4) is 0 Å². The number of carboxylic acid groups (broad SMARTS) is 1. The number of aryl methyl sites for hydroxylation is 1. The van der Waals surface area contributed by atoms with Crippen LogP contribution in [-0.2, 0) is 16.0 Å². The standard InChI is InChI=1S/C13H16N6O3.CH2O2/c1-2-9-8(3-4-11(20)14-9)13(21)19-5-6-22-10(7-19)12-15-17-18-16-12;2-1-3/h3-4,10H,2,5-7H2,1H3,(H,14,20)(H,15,16,17,18);1H,(H,2,3). The van der Waals surface area contributed by atoms with E-state index in [-0.39, 0.29) is 17.9 Å². The Bertz CT molecular complexity index is 759. The molecule has 11 heteroatoms. The summed E-state index contributed by atoms with van der Waals surface area (Å²) in [5, 5.41) is 20.6. The maximum absolute atomic E-state index is 12.7. The van der Waals surface area contributed by atoms with Crippen LogP contribution in [0.2, 0.25) is 0 Å². The summed E-state index contributed by atoms with van der Waals surface area (Å²) in [5.74, 6) is 0.291. The van der Waals surface area contributed by atoms with Crippen molar-refractivity contribution in [3.05, 3.63) is 39.6 Å². The van der Waals surface area contributed by atoms with Crippen LogP contribution in [-0.4, -0.2) is 67.7 Å². The van der Waals surface area contributed by atoms with Gasteiger partial charge in [0.15, 0.2) is 0 Å². The molecule has 3 heterocycles. The number of H-pyrrole nitrogens is 2. The van der Waals surface area contributed by atoms with Crippen LogP contribution in [0.1, 0.15) is 34.9 Å². The molecule has 25 heavy (non-hydrogen) atoms. The number of aromatic nitrogens is 5. The van der Waals surface area contributed by atoms with Crippen LogP contribution in [0.4, 0.5) is 0 Å². The summed E-state index contributed by atoms with van der Waals surface area (Å²) < 4.78 is 5.58. The van der Waals surface area contributed by atoms with E-state index in [2.05, 4.69) is 25.6 Å². The number of morpholine rings is 1. The lowest BCUT2D eigenvalue weighted by molar-refractivity contribution is -0.122. The summed E-state index contributed by atoms with van der Waals surface area (Å²) in [7, 11) is 0. The van der Waals surface area contributed by atoms with Crippen LogP contribution in [0.5, 0.6) is 0 Å². The molecule has 0 spiro atoms. The van der Waals surface area contributed by atoms with Crippen molar-refractivity contribution in [2.75, 3.05) is 19.7 Å². The van der Waals surface area contributed by atoms with Crippen LogP contribution >= 0.6 is 0 Å². The Labute approximate surface area is 142 Å². The third-order valence-electron chi connectivity index (χ3n) is 3.59. The normalized spacial score (nSPS) is 16.7. The third kappa shape index (κ3) is 4.47. The summed E-state index contributed by atoms with van der Waals surface area (Å²) in [6, 6.07) is 2.93. The van der Waals surface area contributed by atoms with Gasteiger partial charge < -0.3 is 19.7 Å². The van der Waals surface area contributed by atoms with E-state index in [4.69, 9.17) is 14.6 Å². The number of hydrogen-bond donors (Lipinski definition) is 3. The lowest BCUT2D eigenvalue weighted by Gasteiger charge is -2.31. The van der Waals surface area contributed by atoms with Gasteiger partial charge in [0.05, 0.1) is 18.7 Å². The first-order valence-corrected chi connectivity index (χ1v) is 7.55. The number of tetrazole rings is 1. The molecule has 2 aromatic heterocycles. The fourth-order valence-electron chi connectivity index (χ4n) is 2.46. The van der Waals surface area contributed by atoms with E-state index in [1.165, 1.54) is 6.07 Å². The molecule has 1 aliphatic heterocycles. The van der Waals surface area contributed by atoms with Gasteiger partial charge in [-0.3, -0.25) is 14.4 Å². The van der Waals surface area contributed by atoms with Crippen molar-refractivity contribution in [3.63, 3.8) is 0 Å². The Morgan fingerprint density at radius 3 is 2.92 bits per heavy atom. The van der Waals surface area contributed by atoms with Gasteiger partial charge in [-0.2, -0.15) is 5.21 Å². The highest BCUT2D eigenvalue weighted by atomic mass is 16.5.